The van der Waals surface area contributed by atoms with Crippen LogP contribution in [0, 0.1) is 5.92 Å². The zero-order valence-electron chi connectivity index (χ0n) is 37.6. The van der Waals surface area contributed by atoms with Crippen molar-refractivity contribution in [3.8, 4) is 66.8 Å². The summed E-state index contributed by atoms with van der Waals surface area (Å²) in [5, 5.41) is 5.62. The van der Waals surface area contributed by atoms with Gasteiger partial charge in [0.05, 0.1) is 0 Å². The number of halogens is 3. The normalized spacial score (nSPS) is 12.1. The molecule has 0 N–H and O–H groups in total. The SMILES string of the molecule is CC(C)C1=[C]([Ti])CC=C1[Si](c1cc(-c2ccccc2)cc(-c2ccccc2)c1)(c1cc(-c2ccccc2)cc(-c2ccccc2)c1)c1cc(-c2ccccc2)cc(-c2ccccc2)c1.Cl.Cl.Cl. The largest absolute Gasteiger partial charge is 0.147 e. The van der Waals surface area contributed by atoms with E-state index in [1.54, 1.807) is 0 Å². The summed E-state index contributed by atoms with van der Waals surface area (Å²) in [4.78, 5) is 0. The van der Waals surface area contributed by atoms with Gasteiger partial charge in [0.15, 0.2) is 0 Å². The van der Waals surface area contributed by atoms with Crippen molar-refractivity contribution in [2.75, 3.05) is 0 Å². The minimum Gasteiger partial charge on any atom is -0.147 e. The van der Waals surface area contributed by atoms with Gasteiger partial charge in [-0.2, -0.15) is 0 Å². The zero-order chi connectivity index (χ0) is 43.5. The van der Waals surface area contributed by atoms with Gasteiger partial charge in [0.25, 0.3) is 0 Å². The van der Waals surface area contributed by atoms with Crippen molar-refractivity contribution < 1.29 is 20.4 Å². The Bertz CT molecular complexity index is 2660. The molecule has 0 bridgehead atoms. The van der Waals surface area contributed by atoms with Crippen LogP contribution < -0.4 is 15.6 Å². The first-order valence-electron chi connectivity index (χ1n) is 22.4. The molecule has 9 aromatic carbocycles. The minimum absolute atomic E-state index is 0. The van der Waals surface area contributed by atoms with E-state index in [0.29, 0.717) is 5.92 Å². The summed E-state index contributed by atoms with van der Waals surface area (Å²) in [6, 6.07) is 88.6. The second-order valence-electron chi connectivity index (χ2n) is 17.2. The average molecular weight is 979 g/mol. The molecule has 1 aliphatic rings. The predicted octanol–water partition coefficient (Wildman–Crippen LogP) is 15.8. The molecule has 0 nitrogen and oxygen atoms in total. The third-order valence-electron chi connectivity index (χ3n) is 12.8. The third kappa shape index (κ3) is 9.97. The average Bonchev–Trinajstić information content (AvgIpc) is 3.77. The smallest absolute Gasteiger partial charge is 0.147 e. The van der Waals surface area contributed by atoms with Gasteiger partial charge in [-0.15, -0.1) is 37.2 Å². The Kier molecular flexibility index (Phi) is 16.1. The Morgan fingerprint density at radius 3 is 0.761 bits per heavy atom. The van der Waals surface area contributed by atoms with Crippen molar-refractivity contribution in [3.05, 3.63) is 257 Å². The fourth-order valence-electron chi connectivity index (χ4n) is 9.88. The van der Waals surface area contributed by atoms with E-state index < -0.39 is 8.07 Å². The molecule has 0 amide bonds. The van der Waals surface area contributed by atoms with E-state index in [0.717, 1.165) is 6.42 Å². The zero-order valence-corrected chi connectivity index (χ0v) is 42.6. The Balaban J connectivity index is 0.00000222. The molecule has 10 rings (SSSR count). The maximum Gasteiger partial charge on any atom is -0.147 e. The van der Waals surface area contributed by atoms with Crippen LogP contribution in [0.15, 0.2) is 257 Å². The van der Waals surface area contributed by atoms with Crippen LogP contribution in [0.1, 0.15) is 20.3 Å². The van der Waals surface area contributed by atoms with Gasteiger partial charge in [-0.05, 0) is 0 Å². The molecule has 0 unspecified atom stereocenters. The maximum atomic E-state index is 2.63. The number of rotatable bonds is 11. The summed E-state index contributed by atoms with van der Waals surface area (Å²) >= 11 is 2.37. The molecule has 329 valence electrons. The standard InChI is InChI=1S/C62H49Si.3ClH.Ti/c1-45(2)61-34-21-35-62(61)63(58-39-52(46-22-9-3-10-23-46)36-53(40-58)47-24-11-4-12-25-47,59-41-54(48-26-13-5-14-27-48)37-55(42-59)49-28-15-6-16-29-49)60-43-56(50-30-17-7-18-31-50)38-57(44-60)51-32-19-8-20-33-51;;;;/h3-20,22-33,35-45H,21H2,1-2H3;3*1H;. The second-order valence-corrected chi connectivity index (χ2v) is 21.9. The number of hydrogen-bond donors (Lipinski definition) is 0. The van der Waals surface area contributed by atoms with Crippen LogP contribution in [-0.2, 0) is 20.4 Å². The van der Waals surface area contributed by atoms with E-state index in [2.05, 4.69) is 277 Å². The summed E-state index contributed by atoms with van der Waals surface area (Å²) in [6.45, 7) is 4.80. The van der Waals surface area contributed by atoms with E-state index in [9.17, 15) is 0 Å². The molecule has 0 spiro atoms. The van der Waals surface area contributed by atoms with Crippen molar-refractivity contribution in [1.82, 2.24) is 0 Å². The monoisotopic (exact) mass is 977 g/mol. The fraction of sp³-hybridized carbons (Fsp3) is 0.0645. The van der Waals surface area contributed by atoms with Crippen molar-refractivity contribution in [2.45, 2.75) is 20.3 Å². The summed E-state index contributed by atoms with van der Waals surface area (Å²) in [5.41, 5.74) is 16.1. The van der Waals surface area contributed by atoms with Crippen molar-refractivity contribution >= 4 is 60.9 Å². The molecule has 0 aromatic heterocycles. The van der Waals surface area contributed by atoms with Crippen LogP contribution in [0.25, 0.3) is 66.8 Å². The third-order valence-corrected chi connectivity index (χ3v) is 18.3. The molecule has 0 saturated heterocycles. The molecular weight excluding hydrogens is 927 g/mol. The molecule has 5 heteroatoms. The van der Waals surface area contributed by atoms with Gasteiger partial charge < -0.3 is 0 Å². The molecule has 0 atom stereocenters. The summed E-state index contributed by atoms with van der Waals surface area (Å²) in [7, 11) is -3.34. The quantitative estimate of drug-likeness (QED) is 0.0895. The first-order valence-corrected chi connectivity index (χ1v) is 25.2. The van der Waals surface area contributed by atoms with Gasteiger partial charge in [-0.1, -0.05) is 0 Å². The van der Waals surface area contributed by atoms with Gasteiger partial charge in [0.1, 0.15) is 0 Å². The minimum atomic E-state index is -3.34. The van der Waals surface area contributed by atoms with Crippen LogP contribution in [0.3, 0.4) is 0 Å². The van der Waals surface area contributed by atoms with E-state index in [1.165, 1.54) is 97.0 Å². The van der Waals surface area contributed by atoms with Gasteiger partial charge in [-0.3, -0.25) is 0 Å². The van der Waals surface area contributed by atoms with E-state index in [4.69, 9.17) is 0 Å². The van der Waals surface area contributed by atoms with Gasteiger partial charge >= 0.3 is 394 Å². The van der Waals surface area contributed by atoms with Crippen molar-refractivity contribution in [2.24, 2.45) is 5.92 Å². The van der Waals surface area contributed by atoms with E-state index in [1.807, 2.05) is 0 Å². The number of hydrogen-bond acceptors (Lipinski definition) is 0. The molecule has 0 fully saturated rings. The fourth-order valence-corrected chi connectivity index (χ4v) is 16.3. The van der Waals surface area contributed by atoms with Crippen LogP contribution in [0.2, 0.25) is 0 Å². The summed E-state index contributed by atoms with van der Waals surface area (Å²) in [5.74, 6) is 0.323. The topological polar surface area (TPSA) is 0 Å². The molecule has 0 aliphatic heterocycles. The summed E-state index contributed by atoms with van der Waals surface area (Å²) in [6.07, 6.45) is 3.57. The second kappa shape index (κ2) is 21.9. The Morgan fingerprint density at radius 1 is 0.328 bits per heavy atom. The first kappa shape index (κ1) is 49.2. The molecule has 1 aliphatic carbocycles. The molecule has 67 heavy (non-hydrogen) atoms. The maximum absolute atomic E-state index is 3.34. The Morgan fingerprint density at radius 2 is 0.552 bits per heavy atom. The van der Waals surface area contributed by atoms with Gasteiger partial charge in [0.2, 0.25) is 0 Å². The van der Waals surface area contributed by atoms with Crippen LogP contribution >= 0.6 is 37.2 Å². The van der Waals surface area contributed by atoms with Crippen LogP contribution in [0.5, 0.6) is 0 Å². The van der Waals surface area contributed by atoms with Crippen LogP contribution in [0.4, 0.5) is 0 Å². The van der Waals surface area contributed by atoms with E-state index in [-0.39, 0.29) is 37.2 Å². The van der Waals surface area contributed by atoms with E-state index >= 15 is 0 Å². The van der Waals surface area contributed by atoms with Gasteiger partial charge in [-0.25, -0.2) is 0 Å². The predicted molar refractivity (Wildman–Crippen MR) is 293 cm³/mol. The summed E-state index contributed by atoms with van der Waals surface area (Å²) < 4.78 is 1.47. The molecular formula is C62H52Cl3SiTi. The Hall–Kier alpha value is -5.74. The van der Waals surface area contributed by atoms with Crippen molar-refractivity contribution in [1.29, 1.82) is 0 Å². The molecule has 9 aromatic rings. The van der Waals surface area contributed by atoms with Crippen LogP contribution in [-0.4, -0.2) is 8.07 Å². The first-order chi connectivity index (χ1) is 31.5. The number of allylic oxidation sites excluding steroid dienone is 4. The molecule has 0 saturated carbocycles. The van der Waals surface area contributed by atoms with Crippen molar-refractivity contribution in [3.63, 3.8) is 0 Å². The Labute approximate surface area is 428 Å². The number of benzene rings is 9. The van der Waals surface area contributed by atoms with Gasteiger partial charge in [0, 0.05) is 0 Å². The molecule has 0 heterocycles. The molecule has 0 radical (unpaired) electrons.